The van der Waals surface area contributed by atoms with Crippen LogP contribution in [0.2, 0.25) is 0 Å². The smallest absolute Gasteiger partial charge is 0.251 e. The number of carbonyl (C=O) groups excluding carboxylic acids is 1. The lowest BCUT2D eigenvalue weighted by atomic mass is 10.1. The molecule has 3 heterocycles. The summed E-state index contributed by atoms with van der Waals surface area (Å²) in [6.07, 6.45) is 6.45. The fraction of sp³-hybridized carbons (Fsp3) is 0.412. The molecule has 3 rings (SSSR count). The Morgan fingerprint density at radius 1 is 1.33 bits per heavy atom. The van der Waals surface area contributed by atoms with Crippen LogP contribution in [-0.2, 0) is 4.74 Å². The highest BCUT2D eigenvalue weighted by atomic mass is 16.5. The van der Waals surface area contributed by atoms with Crippen LogP contribution in [0.15, 0.2) is 37.1 Å². The summed E-state index contributed by atoms with van der Waals surface area (Å²) in [5.41, 5.74) is 2.05. The molecule has 0 saturated carbocycles. The summed E-state index contributed by atoms with van der Waals surface area (Å²) in [5, 5.41) is 3.04. The minimum absolute atomic E-state index is 0.0623. The molecular formula is C17H21N5O2. The highest BCUT2D eigenvalue weighted by Gasteiger charge is 2.16. The van der Waals surface area contributed by atoms with Crippen molar-refractivity contribution in [1.82, 2.24) is 25.2 Å². The van der Waals surface area contributed by atoms with E-state index < -0.39 is 0 Å². The van der Waals surface area contributed by atoms with Crippen molar-refractivity contribution in [3.8, 4) is 11.3 Å². The van der Waals surface area contributed by atoms with Gasteiger partial charge in [-0.25, -0.2) is 9.97 Å². The second-order valence-electron chi connectivity index (χ2n) is 5.84. The Kier molecular flexibility index (Phi) is 5.45. The van der Waals surface area contributed by atoms with E-state index in [-0.39, 0.29) is 11.9 Å². The molecular weight excluding hydrogens is 306 g/mol. The highest BCUT2D eigenvalue weighted by Crippen LogP contribution is 2.15. The molecule has 7 heteroatoms. The lowest BCUT2D eigenvalue weighted by Gasteiger charge is -2.29. The molecule has 0 radical (unpaired) electrons. The molecule has 1 unspecified atom stereocenters. The second-order valence-corrected chi connectivity index (χ2v) is 5.84. The van der Waals surface area contributed by atoms with E-state index >= 15 is 0 Å². The molecule has 24 heavy (non-hydrogen) atoms. The summed E-state index contributed by atoms with van der Waals surface area (Å²) < 4.78 is 5.34. The van der Waals surface area contributed by atoms with Gasteiger partial charge in [0.2, 0.25) is 0 Å². The summed E-state index contributed by atoms with van der Waals surface area (Å²) in [6, 6.07) is 3.53. The number of amides is 1. The zero-order chi connectivity index (χ0) is 16.8. The Bertz CT molecular complexity index is 674. The number of aromatic nitrogens is 3. The van der Waals surface area contributed by atoms with Gasteiger partial charge in [-0.2, -0.15) is 0 Å². The lowest BCUT2D eigenvalue weighted by molar-refractivity contribution is 0.0342. The summed E-state index contributed by atoms with van der Waals surface area (Å²) in [5.74, 6) is -0.101. The van der Waals surface area contributed by atoms with Crippen molar-refractivity contribution in [3.05, 3.63) is 42.6 Å². The average Bonchev–Trinajstić information content (AvgIpc) is 2.63. The van der Waals surface area contributed by atoms with E-state index in [1.165, 1.54) is 6.33 Å². The second kappa shape index (κ2) is 7.94. The van der Waals surface area contributed by atoms with Crippen molar-refractivity contribution in [2.45, 2.75) is 13.0 Å². The third-order valence-corrected chi connectivity index (χ3v) is 3.89. The van der Waals surface area contributed by atoms with Crippen molar-refractivity contribution in [2.75, 3.05) is 32.8 Å². The molecule has 1 fully saturated rings. The number of nitrogens with zero attached hydrogens (tertiary/aromatic N) is 4. The van der Waals surface area contributed by atoms with Crippen LogP contribution in [0.4, 0.5) is 0 Å². The van der Waals surface area contributed by atoms with Crippen molar-refractivity contribution < 1.29 is 9.53 Å². The molecule has 7 nitrogen and oxygen atoms in total. The van der Waals surface area contributed by atoms with Crippen LogP contribution in [0.5, 0.6) is 0 Å². The van der Waals surface area contributed by atoms with Gasteiger partial charge in [0.05, 0.1) is 18.9 Å². The number of morpholine rings is 1. The average molecular weight is 327 g/mol. The van der Waals surface area contributed by atoms with Gasteiger partial charge in [0.15, 0.2) is 0 Å². The minimum Gasteiger partial charge on any atom is -0.379 e. The van der Waals surface area contributed by atoms with Crippen LogP contribution >= 0.6 is 0 Å². The van der Waals surface area contributed by atoms with E-state index in [1.807, 2.05) is 6.92 Å². The van der Waals surface area contributed by atoms with Gasteiger partial charge in [-0.1, -0.05) is 0 Å². The van der Waals surface area contributed by atoms with Crippen LogP contribution in [-0.4, -0.2) is 64.6 Å². The van der Waals surface area contributed by atoms with Crippen molar-refractivity contribution in [3.63, 3.8) is 0 Å². The third-order valence-electron chi connectivity index (χ3n) is 3.89. The van der Waals surface area contributed by atoms with Crippen LogP contribution in [0.3, 0.4) is 0 Å². The Morgan fingerprint density at radius 2 is 2.08 bits per heavy atom. The number of hydrogen-bond donors (Lipinski definition) is 1. The first kappa shape index (κ1) is 16.5. The molecule has 126 valence electrons. The Morgan fingerprint density at radius 3 is 2.83 bits per heavy atom. The van der Waals surface area contributed by atoms with Gasteiger partial charge in [0, 0.05) is 55.4 Å². The largest absolute Gasteiger partial charge is 0.379 e. The summed E-state index contributed by atoms with van der Waals surface area (Å²) in [7, 11) is 0. The van der Waals surface area contributed by atoms with Crippen molar-refractivity contribution in [2.24, 2.45) is 0 Å². The molecule has 1 aliphatic rings. The fourth-order valence-corrected chi connectivity index (χ4v) is 2.68. The van der Waals surface area contributed by atoms with Crippen LogP contribution < -0.4 is 5.32 Å². The molecule has 2 aromatic heterocycles. The number of ether oxygens (including phenoxy) is 1. The lowest BCUT2D eigenvalue weighted by Crippen LogP contribution is -2.46. The predicted molar refractivity (Wildman–Crippen MR) is 89.5 cm³/mol. The van der Waals surface area contributed by atoms with Crippen LogP contribution in [0.1, 0.15) is 17.3 Å². The SMILES string of the molecule is CC(CN1CCOCC1)NC(=O)c1ccnc(-c2cncnc2)c1. The first-order chi connectivity index (χ1) is 11.7. The number of carbonyl (C=O) groups is 1. The van der Waals surface area contributed by atoms with Gasteiger partial charge in [-0.05, 0) is 19.1 Å². The number of hydrogen-bond acceptors (Lipinski definition) is 6. The Hall–Kier alpha value is -2.38. The molecule has 0 bridgehead atoms. The summed E-state index contributed by atoms with van der Waals surface area (Å²) in [4.78, 5) is 27.0. The van der Waals surface area contributed by atoms with Gasteiger partial charge in [-0.15, -0.1) is 0 Å². The van der Waals surface area contributed by atoms with E-state index in [9.17, 15) is 4.79 Å². The fourth-order valence-electron chi connectivity index (χ4n) is 2.68. The quantitative estimate of drug-likeness (QED) is 0.882. The van der Waals surface area contributed by atoms with Gasteiger partial charge in [-0.3, -0.25) is 14.7 Å². The number of rotatable bonds is 5. The molecule has 1 aliphatic heterocycles. The third kappa shape index (κ3) is 4.33. The molecule has 0 aliphatic carbocycles. The van der Waals surface area contributed by atoms with Crippen LogP contribution in [0.25, 0.3) is 11.3 Å². The highest BCUT2D eigenvalue weighted by molar-refractivity contribution is 5.95. The summed E-state index contributed by atoms with van der Waals surface area (Å²) in [6.45, 7) is 6.17. The predicted octanol–water partition coefficient (Wildman–Crippen LogP) is 0.989. The zero-order valence-electron chi connectivity index (χ0n) is 13.7. The zero-order valence-corrected chi connectivity index (χ0v) is 13.7. The van der Waals surface area contributed by atoms with Crippen molar-refractivity contribution >= 4 is 5.91 Å². The number of nitrogens with one attached hydrogen (secondary N) is 1. The van der Waals surface area contributed by atoms with Gasteiger partial charge in [0.1, 0.15) is 6.33 Å². The molecule has 1 N–H and O–H groups in total. The molecule has 2 aromatic rings. The standard InChI is InChI=1S/C17H21N5O2/c1-13(11-22-4-6-24-7-5-22)21-17(23)14-2-3-20-16(8-14)15-9-18-12-19-10-15/h2-3,8-10,12-13H,4-7,11H2,1H3,(H,21,23). The van der Waals surface area contributed by atoms with E-state index in [0.29, 0.717) is 11.3 Å². The minimum atomic E-state index is -0.101. The first-order valence-corrected chi connectivity index (χ1v) is 8.05. The van der Waals surface area contributed by atoms with E-state index in [1.54, 1.807) is 30.7 Å². The number of pyridine rings is 1. The Labute approximate surface area is 141 Å². The van der Waals surface area contributed by atoms with Crippen molar-refractivity contribution in [1.29, 1.82) is 0 Å². The Balaban J connectivity index is 1.62. The summed E-state index contributed by atoms with van der Waals surface area (Å²) >= 11 is 0. The van der Waals surface area contributed by atoms with Gasteiger partial charge < -0.3 is 10.1 Å². The van der Waals surface area contributed by atoms with E-state index in [4.69, 9.17) is 4.74 Å². The molecule has 1 atom stereocenters. The maximum Gasteiger partial charge on any atom is 0.251 e. The molecule has 0 spiro atoms. The normalized spacial score (nSPS) is 16.5. The van der Waals surface area contributed by atoms with E-state index in [2.05, 4.69) is 25.2 Å². The molecule has 1 saturated heterocycles. The maximum atomic E-state index is 12.5. The van der Waals surface area contributed by atoms with Crippen LogP contribution in [0, 0.1) is 0 Å². The molecule has 0 aromatic carbocycles. The maximum absolute atomic E-state index is 12.5. The monoisotopic (exact) mass is 327 g/mol. The molecule has 1 amide bonds. The van der Waals surface area contributed by atoms with Gasteiger partial charge >= 0.3 is 0 Å². The van der Waals surface area contributed by atoms with Gasteiger partial charge in [0.25, 0.3) is 5.91 Å². The first-order valence-electron chi connectivity index (χ1n) is 8.05. The van der Waals surface area contributed by atoms with E-state index in [0.717, 1.165) is 38.4 Å². The topological polar surface area (TPSA) is 80.2 Å².